The predicted octanol–water partition coefficient (Wildman–Crippen LogP) is 3.15. The van der Waals surface area contributed by atoms with Crippen molar-refractivity contribution in [1.29, 1.82) is 0 Å². The van der Waals surface area contributed by atoms with E-state index in [0.717, 1.165) is 0 Å². The van der Waals surface area contributed by atoms with Crippen LogP contribution in [0.3, 0.4) is 0 Å². The van der Waals surface area contributed by atoms with Gasteiger partial charge >= 0.3 is 0 Å². The van der Waals surface area contributed by atoms with Gasteiger partial charge in [0.25, 0.3) is 0 Å². The van der Waals surface area contributed by atoms with Gasteiger partial charge in [0.2, 0.25) is 0 Å². The van der Waals surface area contributed by atoms with Crippen molar-refractivity contribution in [1.82, 2.24) is 4.90 Å². The molecule has 0 spiro atoms. The van der Waals surface area contributed by atoms with Gasteiger partial charge in [0.05, 0.1) is 0 Å². The SMILES string of the molecule is CC.CN(C)CCC1(C)CCC1. The molecule has 1 aliphatic carbocycles. The monoisotopic (exact) mass is 171 g/mol. The van der Waals surface area contributed by atoms with Crippen LogP contribution in [0, 0.1) is 5.41 Å². The minimum atomic E-state index is 0.713. The molecule has 1 fully saturated rings. The van der Waals surface area contributed by atoms with Crippen LogP contribution in [0.15, 0.2) is 0 Å². The second-order valence-electron chi connectivity index (χ2n) is 4.22. The minimum absolute atomic E-state index is 0.713. The highest BCUT2D eigenvalue weighted by atomic mass is 15.0. The average Bonchev–Trinajstić information content (AvgIpc) is 2.01. The van der Waals surface area contributed by atoms with E-state index in [1.807, 2.05) is 13.8 Å². The lowest BCUT2D eigenvalue weighted by Gasteiger charge is -2.39. The normalized spacial score (nSPS) is 19.5. The van der Waals surface area contributed by atoms with Crippen molar-refractivity contribution >= 4 is 0 Å². The van der Waals surface area contributed by atoms with Gasteiger partial charge in [-0.2, -0.15) is 0 Å². The van der Waals surface area contributed by atoms with Crippen molar-refractivity contribution in [3.8, 4) is 0 Å². The van der Waals surface area contributed by atoms with E-state index in [0.29, 0.717) is 5.41 Å². The molecule has 0 atom stereocenters. The fraction of sp³-hybridized carbons (Fsp3) is 1.00. The molecule has 0 aromatic heterocycles. The molecular formula is C11H25N. The highest BCUT2D eigenvalue weighted by molar-refractivity contribution is 4.83. The maximum Gasteiger partial charge on any atom is -0.00196 e. The smallest absolute Gasteiger partial charge is 0.00196 e. The van der Waals surface area contributed by atoms with Gasteiger partial charge in [0, 0.05) is 0 Å². The summed E-state index contributed by atoms with van der Waals surface area (Å²) in [5, 5.41) is 0. The summed E-state index contributed by atoms with van der Waals surface area (Å²) in [6.45, 7) is 7.68. The molecule has 0 bridgehead atoms. The summed E-state index contributed by atoms with van der Waals surface area (Å²) in [5.74, 6) is 0. The molecular weight excluding hydrogens is 146 g/mol. The Balaban J connectivity index is 0.000000561. The third kappa shape index (κ3) is 4.10. The molecule has 0 N–H and O–H groups in total. The molecule has 1 heteroatoms. The molecule has 0 aliphatic heterocycles. The van der Waals surface area contributed by atoms with E-state index in [1.54, 1.807) is 0 Å². The molecule has 0 unspecified atom stereocenters. The van der Waals surface area contributed by atoms with Gasteiger partial charge in [-0.25, -0.2) is 0 Å². The fourth-order valence-corrected chi connectivity index (χ4v) is 1.52. The van der Waals surface area contributed by atoms with Crippen LogP contribution in [-0.4, -0.2) is 25.5 Å². The first-order valence-electron chi connectivity index (χ1n) is 5.27. The van der Waals surface area contributed by atoms with Crippen LogP contribution in [0.2, 0.25) is 0 Å². The molecule has 74 valence electrons. The Kier molecular flexibility index (Phi) is 5.56. The first-order chi connectivity index (χ1) is 5.62. The van der Waals surface area contributed by atoms with Gasteiger partial charge in [0.1, 0.15) is 0 Å². The Morgan fingerprint density at radius 1 is 1.17 bits per heavy atom. The van der Waals surface area contributed by atoms with Crippen LogP contribution >= 0.6 is 0 Å². The maximum absolute atomic E-state index is 2.42. The molecule has 0 aromatic rings. The minimum Gasteiger partial charge on any atom is -0.309 e. The Hall–Kier alpha value is -0.0400. The highest BCUT2D eigenvalue weighted by Crippen LogP contribution is 2.43. The molecule has 1 nitrogen and oxygen atoms in total. The standard InChI is InChI=1S/C9H19N.C2H6/c1-9(5-4-6-9)7-8-10(2)3;1-2/h4-8H2,1-3H3;1-2H3. The Bertz CT molecular complexity index is 104. The molecule has 1 rings (SSSR count). The van der Waals surface area contributed by atoms with E-state index in [9.17, 15) is 0 Å². The molecule has 0 radical (unpaired) electrons. The van der Waals surface area contributed by atoms with Gasteiger partial charge in [-0.3, -0.25) is 0 Å². The zero-order valence-electron chi connectivity index (χ0n) is 9.48. The lowest BCUT2D eigenvalue weighted by molar-refractivity contribution is 0.131. The molecule has 1 aliphatic rings. The molecule has 0 saturated heterocycles. The zero-order valence-corrected chi connectivity index (χ0v) is 9.48. The van der Waals surface area contributed by atoms with Crippen molar-refractivity contribution < 1.29 is 0 Å². The number of nitrogens with zero attached hydrogens (tertiary/aromatic N) is 1. The third-order valence-corrected chi connectivity index (χ3v) is 2.72. The van der Waals surface area contributed by atoms with E-state index in [4.69, 9.17) is 0 Å². The van der Waals surface area contributed by atoms with E-state index in [1.165, 1.54) is 32.2 Å². The van der Waals surface area contributed by atoms with E-state index < -0.39 is 0 Å². The quantitative estimate of drug-likeness (QED) is 0.630. The van der Waals surface area contributed by atoms with Crippen molar-refractivity contribution in [3.63, 3.8) is 0 Å². The number of hydrogen-bond acceptors (Lipinski definition) is 1. The predicted molar refractivity (Wildman–Crippen MR) is 56.5 cm³/mol. The third-order valence-electron chi connectivity index (χ3n) is 2.72. The van der Waals surface area contributed by atoms with Gasteiger partial charge in [-0.1, -0.05) is 27.2 Å². The van der Waals surface area contributed by atoms with Crippen LogP contribution < -0.4 is 0 Å². The van der Waals surface area contributed by atoms with Crippen LogP contribution in [0.25, 0.3) is 0 Å². The van der Waals surface area contributed by atoms with Gasteiger partial charge in [-0.15, -0.1) is 0 Å². The van der Waals surface area contributed by atoms with E-state index in [2.05, 4.69) is 25.9 Å². The van der Waals surface area contributed by atoms with Gasteiger partial charge < -0.3 is 4.90 Å². The summed E-state index contributed by atoms with van der Waals surface area (Å²) in [5.41, 5.74) is 0.713. The summed E-state index contributed by atoms with van der Waals surface area (Å²) in [6, 6.07) is 0. The van der Waals surface area contributed by atoms with Crippen molar-refractivity contribution in [2.75, 3.05) is 20.6 Å². The summed E-state index contributed by atoms with van der Waals surface area (Å²) < 4.78 is 0. The Morgan fingerprint density at radius 2 is 1.67 bits per heavy atom. The topological polar surface area (TPSA) is 3.24 Å². The molecule has 12 heavy (non-hydrogen) atoms. The number of hydrogen-bond donors (Lipinski definition) is 0. The summed E-state index contributed by atoms with van der Waals surface area (Å²) in [6.07, 6.45) is 5.77. The van der Waals surface area contributed by atoms with E-state index in [-0.39, 0.29) is 0 Å². The highest BCUT2D eigenvalue weighted by Gasteiger charge is 2.30. The molecule has 0 heterocycles. The van der Waals surface area contributed by atoms with Crippen LogP contribution in [0.1, 0.15) is 46.5 Å². The lowest BCUT2D eigenvalue weighted by Crippen LogP contribution is -2.29. The molecule has 1 saturated carbocycles. The van der Waals surface area contributed by atoms with Crippen LogP contribution in [0.5, 0.6) is 0 Å². The van der Waals surface area contributed by atoms with E-state index >= 15 is 0 Å². The first kappa shape index (κ1) is 12.0. The lowest BCUT2D eigenvalue weighted by atomic mass is 9.68. The van der Waals surface area contributed by atoms with Gasteiger partial charge in [0.15, 0.2) is 0 Å². The summed E-state index contributed by atoms with van der Waals surface area (Å²) in [7, 11) is 4.31. The zero-order chi connectivity index (χ0) is 9.61. The second-order valence-corrected chi connectivity index (χ2v) is 4.22. The maximum atomic E-state index is 2.42. The van der Waals surface area contributed by atoms with Crippen LogP contribution in [0.4, 0.5) is 0 Å². The Morgan fingerprint density at radius 3 is 1.92 bits per heavy atom. The van der Waals surface area contributed by atoms with Crippen molar-refractivity contribution in [3.05, 3.63) is 0 Å². The Labute approximate surface area is 78.1 Å². The number of rotatable bonds is 3. The largest absolute Gasteiger partial charge is 0.309 e. The first-order valence-corrected chi connectivity index (χ1v) is 5.27. The average molecular weight is 171 g/mol. The van der Waals surface area contributed by atoms with Crippen LogP contribution in [-0.2, 0) is 0 Å². The van der Waals surface area contributed by atoms with Gasteiger partial charge in [-0.05, 0) is 45.3 Å². The molecule has 0 aromatic carbocycles. The van der Waals surface area contributed by atoms with Crippen molar-refractivity contribution in [2.45, 2.75) is 46.5 Å². The second kappa shape index (κ2) is 5.58. The molecule has 0 amide bonds. The van der Waals surface area contributed by atoms with Crippen molar-refractivity contribution in [2.24, 2.45) is 5.41 Å². The fourth-order valence-electron chi connectivity index (χ4n) is 1.52. The summed E-state index contributed by atoms with van der Waals surface area (Å²) in [4.78, 5) is 2.28. The summed E-state index contributed by atoms with van der Waals surface area (Å²) >= 11 is 0.